The van der Waals surface area contributed by atoms with Crippen molar-refractivity contribution in [2.75, 3.05) is 6.54 Å². The lowest BCUT2D eigenvalue weighted by Gasteiger charge is -2.28. The molecule has 1 aromatic carbocycles. The normalized spacial score (nSPS) is 20.3. The molecule has 1 saturated heterocycles. The van der Waals surface area contributed by atoms with E-state index in [-0.39, 0.29) is 11.5 Å². The maximum atomic E-state index is 13.2. The van der Waals surface area contributed by atoms with Crippen molar-refractivity contribution in [1.82, 2.24) is 14.5 Å². The number of hydrogen-bond acceptors (Lipinski definition) is 2. The van der Waals surface area contributed by atoms with Crippen LogP contribution in [0.1, 0.15) is 26.7 Å². The number of nitrogens with one attached hydrogen (secondary N) is 1. The van der Waals surface area contributed by atoms with Crippen LogP contribution in [0.25, 0.3) is 11.0 Å². The summed E-state index contributed by atoms with van der Waals surface area (Å²) in [4.78, 5) is 17.3. The van der Waals surface area contributed by atoms with Gasteiger partial charge in [-0.3, -0.25) is 9.47 Å². The molecule has 108 valence electrons. The molecule has 1 unspecified atom stereocenters. The third kappa shape index (κ3) is 2.26. The maximum absolute atomic E-state index is 13.2. The van der Waals surface area contributed by atoms with Gasteiger partial charge in [-0.1, -0.05) is 0 Å². The van der Waals surface area contributed by atoms with Gasteiger partial charge in [0.1, 0.15) is 5.82 Å². The van der Waals surface area contributed by atoms with Crippen LogP contribution < -0.4 is 5.69 Å². The molecule has 2 heterocycles. The summed E-state index contributed by atoms with van der Waals surface area (Å²) in [5.74, 6) is -0.324. The molecular formula is C15H20FN3O. The summed E-state index contributed by atoms with van der Waals surface area (Å²) >= 11 is 0. The fraction of sp³-hybridized carbons (Fsp3) is 0.533. The molecule has 3 rings (SSSR count). The van der Waals surface area contributed by atoms with Gasteiger partial charge in [-0.05, 0) is 51.4 Å². The van der Waals surface area contributed by atoms with Crippen LogP contribution in [0.2, 0.25) is 0 Å². The molecule has 0 saturated carbocycles. The topological polar surface area (TPSA) is 41.0 Å². The number of hydrogen-bond donors (Lipinski definition) is 1. The van der Waals surface area contributed by atoms with Gasteiger partial charge < -0.3 is 4.98 Å². The van der Waals surface area contributed by atoms with E-state index in [9.17, 15) is 9.18 Å². The molecule has 0 amide bonds. The SMILES string of the molecule is CC(C)N1CCCC1Cn1c(=O)[nH]c2cc(F)ccc21. The van der Waals surface area contributed by atoms with E-state index in [4.69, 9.17) is 0 Å². The van der Waals surface area contributed by atoms with E-state index in [1.54, 1.807) is 10.6 Å². The van der Waals surface area contributed by atoms with Gasteiger partial charge in [0.2, 0.25) is 0 Å². The Hall–Kier alpha value is -1.62. The lowest BCUT2D eigenvalue weighted by atomic mass is 10.2. The molecule has 20 heavy (non-hydrogen) atoms. The zero-order valence-corrected chi connectivity index (χ0v) is 11.9. The fourth-order valence-corrected chi connectivity index (χ4v) is 3.26. The standard InChI is InChI=1S/C15H20FN3O/c1-10(2)18-7-3-4-12(18)9-19-14-6-5-11(16)8-13(14)17-15(19)20/h5-6,8,10,12H,3-4,7,9H2,1-2H3,(H,17,20). The van der Waals surface area contributed by atoms with E-state index in [0.29, 0.717) is 24.1 Å². The highest BCUT2D eigenvalue weighted by atomic mass is 19.1. The summed E-state index contributed by atoms with van der Waals surface area (Å²) in [6, 6.07) is 5.33. The van der Waals surface area contributed by atoms with E-state index in [1.807, 2.05) is 0 Å². The Morgan fingerprint density at radius 3 is 3.00 bits per heavy atom. The molecule has 1 aliphatic rings. The predicted molar refractivity (Wildman–Crippen MR) is 77.4 cm³/mol. The summed E-state index contributed by atoms with van der Waals surface area (Å²) < 4.78 is 14.9. The summed E-state index contributed by atoms with van der Waals surface area (Å²) in [5.41, 5.74) is 1.21. The Labute approximate surface area is 117 Å². The van der Waals surface area contributed by atoms with Gasteiger partial charge in [-0.15, -0.1) is 0 Å². The van der Waals surface area contributed by atoms with Crippen LogP contribution in [0.15, 0.2) is 23.0 Å². The van der Waals surface area contributed by atoms with Gasteiger partial charge in [0, 0.05) is 18.6 Å². The number of benzene rings is 1. The molecule has 1 aromatic heterocycles. The van der Waals surface area contributed by atoms with Crippen LogP contribution >= 0.6 is 0 Å². The van der Waals surface area contributed by atoms with Crippen LogP contribution in [0, 0.1) is 5.82 Å². The Balaban J connectivity index is 1.95. The second-order valence-corrected chi connectivity index (χ2v) is 5.83. The number of aromatic nitrogens is 2. The minimum atomic E-state index is -0.324. The number of aromatic amines is 1. The summed E-state index contributed by atoms with van der Waals surface area (Å²) in [7, 11) is 0. The maximum Gasteiger partial charge on any atom is 0.326 e. The Morgan fingerprint density at radius 1 is 1.45 bits per heavy atom. The van der Waals surface area contributed by atoms with Gasteiger partial charge in [0.05, 0.1) is 11.0 Å². The van der Waals surface area contributed by atoms with Crippen molar-refractivity contribution in [1.29, 1.82) is 0 Å². The third-order valence-corrected chi connectivity index (χ3v) is 4.22. The smallest absolute Gasteiger partial charge is 0.305 e. The average molecular weight is 277 g/mol. The molecule has 1 aliphatic heterocycles. The second-order valence-electron chi connectivity index (χ2n) is 5.83. The number of imidazole rings is 1. The Morgan fingerprint density at radius 2 is 2.25 bits per heavy atom. The fourth-order valence-electron chi connectivity index (χ4n) is 3.26. The first-order valence-corrected chi connectivity index (χ1v) is 7.20. The molecule has 1 N–H and O–H groups in total. The van der Waals surface area contributed by atoms with Crippen molar-refractivity contribution in [3.63, 3.8) is 0 Å². The lowest BCUT2D eigenvalue weighted by Crippen LogP contribution is -2.39. The molecule has 0 spiro atoms. The van der Waals surface area contributed by atoms with Crippen LogP contribution in [0.3, 0.4) is 0 Å². The van der Waals surface area contributed by atoms with Gasteiger partial charge in [0.25, 0.3) is 0 Å². The zero-order valence-electron chi connectivity index (χ0n) is 11.9. The molecule has 0 aliphatic carbocycles. The number of nitrogens with zero attached hydrogens (tertiary/aromatic N) is 2. The highest BCUT2D eigenvalue weighted by molar-refractivity contribution is 5.75. The monoisotopic (exact) mass is 277 g/mol. The minimum absolute atomic E-state index is 0.152. The van der Waals surface area contributed by atoms with Gasteiger partial charge in [0.15, 0.2) is 0 Å². The van der Waals surface area contributed by atoms with E-state index < -0.39 is 0 Å². The van der Waals surface area contributed by atoms with Gasteiger partial charge in [-0.25, -0.2) is 9.18 Å². The Kier molecular flexibility index (Phi) is 3.38. The second kappa shape index (κ2) is 5.05. The van der Waals surface area contributed by atoms with Crippen LogP contribution in [0.5, 0.6) is 0 Å². The lowest BCUT2D eigenvalue weighted by molar-refractivity contribution is 0.187. The van der Waals surface area contributed by atoms with Crippen molar-refractivity contribution in [2.24, 2.45) is 0 Å². The zero-order chi connectivity index (χ0) is 14.3. The quantitative estimate of drug-likeness (QED) is 0.935. The summed E-state index contributed by atoms with van der Waals surface area (Å²) in [6.07, 6.45) is 2.28. The summed E-state index contributed by atoms with van der Waals surface area (Å²) in [6.45, 7) is 6.13. The molecule has 5 heteroatoms. The molecule has 1 atom stereocenters. The van der Waals surface area contributed by atoms with Crippen LogP contribution in [-0.2, 0) is 6.54 Å². The first-order chi connectivity index (χ1) is 9.56. The average Bonchev–Trinajstić information content (AvgIpc) is 2.95. The van der Waals surface area contributed by atoms with Crippen molar-refractivity contribution in [2.45, 2.75) is 45.3 Å². The number of fused-ring (bicyclic) bond motifs is 1. The van der Waals surface area contributed by atoms with Crippen molar-refractivity contribution in [3.8, 4) is 0 Å². The first kappa shape index (κ1) is 13.4. The van der Waals surface area contributed by atoms with E-state index in [2.05, 4.69) is 23.7 Å². The minimum Gasteiger partial charge on any atom is -0.305 e. The largest absolute Gasteiger partial charge is 0.326 e. The molecule has 1 fully saturated rings. The predicted octanol–water partition coefficient (Wildman–Crippen LogP) is 2.34. The highest BCUT2D eigenvalue weighted by Crippen LogP contribution is 2.22. The van der Waals surface area contributed by atoms with Crippen molar-refractivity contribution in [3.05, 3.63) is 34.5 Å². The van der Waals surface area contributed by atoms with Gasteiger partial charge >= 0.3 is 5.69 Å². The molecule has 0 bridgehead atoms. The third-order valence-electron chi connectivity index (χ3n) is 4.22. The molecule has 2 aromatic rings. The highest BCUT2D eigenvalue weighted by Gasteiger charge is 2.27. The van der Waals surface area contributed by atoms with Crippen molar-refractivity contribution < 1.29 is 4.39 Å². The van der Waals surface area contributed by atoms with E-state index >= 15 is 0 Å². The number of halogens is 1. The number of rotatable bonds is 3. The molecule has 0 radical (unpaired) electrons. The summed E-state index contributed by atoms with van der Waals surface area (Å²) in [5, 5.41) is 0. The Bertz CT molecular complexity index is 673. The van der Waals surface area contributed by atoms with Crippen molar-refractivity contribution >= 4 is 11.0 Å². The van der Waals surface area contributed by atoms with Gasteiger partial charge in [-0.2, -0.15) is 0 Å². The van der Waals surface area contributed by atoms with E-state index in [0.717, 1.165) is 18.5 Å². The molecule has 4 nitrogen and oxygen atoms in total. The molecular weight excluding hydrogens is 257 g/mol. The number of H-pyrrole nitrogens is 1. The number of likely N-dealkylation sites (tertiary alicyclic amines) is 1. The van der Waals surface area contributed by atoms with Crippen LogP contribution in [-0.4, -0.2) is 33.1 Å². The van der Waals surface area contributed by atoms with Crippen LogP contribution in [0.4, 0.5) is 4.39 Å². The first-order valence-electron chi connectivity index (χ1n) is 7.20. The van der Waals surface area contributed by atoms with E-state index in [1.165, 1.54) is 18.6 Å².